The summed E-state index contributed by atoms with van der Waals surface area (Å²) in [4.78, 5) is 10.5. The van der Waals surface area contributed by atoms with Gasteiger partial charge in [-0.3, -0.25) is 4.79 Å². The summed E-state index contributed by atoms with van der Waals surface area (Å²) in [5.74, 6) is -0.203. The van der Waals surface area contributed by atoms with Gasteiger partial charge in [0.25, 0.3) is 0 Å². The van der Waals surface area contributed by atoms with Crippen LogP contribution in [-0.2, 0) is 9.53 Å². The fraction of sp³-hybridized carbons (Fsp3) is 0.562. The highest BCUT2D eigenvalue weighted by molar-refractivity contribution is 5.65. The van der Waals surface area contributed by atoms with Crippen LogP contribution in [0.1, 0.15) is 52.4 Å². The zero-order chi connectivity index (χ0) is 13.5. The second-order valence-electron chi connectivity index (χ2n) is 4.12. The Labute approximate surface area is 111 Å². The van der Waals surface area contributed by atoms with Crippen molar-refractivity contribution in [1.82, 2.24) is 0 Å². The van der Waals surface area contributed by atoms with Crippen molar-refractivity contribution in [2.75, 3.05) is 6.61 Å². The van der Waals surface area contributed by atoms with Crippen molar-refractivity contribution >= 4 is 5.97 Å². The summed E-state index contributed by atoms with van der Waals surface area (Å²) < 4.78 is 4.83. The van der Waals surface area contributed by atoms with Crippen LogP contribution in [0.4, 0.5) is 0 Å². The van der Waals surface area contributed by atoms with E-state index in [9.17, 15) is 4.79 Å². The summed E-state index contributed by atoms with van der Waals surface area (Å²) in [6, 6.07) is 0. The number of ether oxygens (including phenoxy) is 1. The van der Waals surface area contributed by atoms with Crippen LogP contribution >= 0.6 is 0 Å². The highest BCUT2D eigenvalue weighted by atomic mass is 16.5. The lowest BCUT2D eigenvalue weighted by Gasteiger charge is -1.96. The van der Waals surface area contributed by atoms with Crippen molar-refractivity contribution in [3.8, 4) is 0 Å². The molecule has 0 aromatic rings. The maximum atomic E-state index is 10.5. The Kier molecular flexibility index (Phi) is 12.8. The number of hydrogen-bond acceptors (Lipinski definition) is 2. The fourth-order valence-electron chi connectivity index (χ4n) is 1.42. The summed E-state index contributed by atoms with van der Waals surface area (Å²) in [5, 5.41) is 0. The fourth-order valence-corrected chi connectivity index (χ4v) is 1.42. The first-order chi connectivity index (χ1) is 8.77. The minimum absolute atomic E-state index is 0.203. The van der Waals surface area contributed by atoms with Crippen molar-refractivity contribution in [3.63, 3.8) is 0 Å². The van der Waals surface area contributed by atoms with Crippen LogP contribution in [0.3, 0.4) is 0 Å². The summed E-state index contributed by atoms with van der Waals surface area (Å²) in [5.41, 5.74) is 0. The maximum Gasteiger partial charge on any atom is 0.302 e. The van der Waals surface area contributed by atoms with Crippen molar-refractivity contribution in [3.05, 3.63) is 36.5 Å². The van der Waals surface area contributed by atoms with Gasteiger partial charge in [-0.1, -0.05) is 43.4 Å². The van der Waals surface area contributed by atoms with Crippen LogP contribution in [0.25, 0.3) is 0 Å². The molecule has 0 aliphatic carbocycles. The third-order valence-corrected chi connectivity index (χ3v) is 2.34. The lowest BCUT2D eigenvalue weighted by atomic mass is 10.2. The summed E-state index contributed by atoms with van der Waals surface area (Å²) in [6.45, 7) is 4.08. The van der Waals surface area contributed by atoms with Crippen LogP contribution in [0.15, 0.2) is 36.5 Å². The monoisotopic (exact) mass is 250 g/mol. The highest BCUT2D eigenvalue weighted by Crippen LogP contribution is 2.00. The van der Waals surface area contributed by atoms with Gasteiger partial charge < -0.3 is 4.74 Å². The Morgan fingerprint density at radius 1 is 0.944 bits per heavy atom. The average molecular weight is 250 g/mol. The largest absolute Gasteiger partial charge is 0.466 e. The molecule has 0 spiro atoms. The van der Waals surface area contributed by atoms with Crippen LogP contribution in [0.5, 0.6) is 0 Å². The van der Waals surface area contributed by atoms with Gasteiger partial charge in [-0.05, 0) is 38.5 Å². The molecule has 102 valence electrons. The Hall–Kier alpha value is -1.31. The molecule has 0 aliphatic heterocycles. The average Bonchev–Trinajstić information content (AvgIpc) is 2.34. The van der Waals surface area contributed by atoms with E-state index in [0.717, 1.165) is 32.1 Å². The third kappa shape index (κ3) is 14.7. The van der Waals surface area contributed by atoms with Crippen LogP contribution in [-0.4, -0.2) is 12.6 Å². The van der Waals surface area contributed by atoms with Gasteiger partial charge in [-0.25, -0.2) is 0 Å². The molecule has 0 bridgehead atoms. The number of unbranched alkanes of at least 4 members (excludes halogenated alkanes) is 2. The predicted octanol–water partition coefficient (Wildman–Crippen LogP) is 4.58. The smallest absolute Gasteiger partial charge is 0.302 e. The molecule has 0 heterocycles. The molecule has 18 heavy (non-hydrogen) atoms. The predicted molar refractivity (Wildman–Crippen MR) is 77.4 cm³/mol. The molecule has 0 amide bonds. The molecular formula is C16H26O2. The SMILES string of the molecule is CC/C=C\C/C=C/CCC/C=C\CCOC(C)=O. The van der Waals surface area contributed by atoms with Crippen molar-refractivity contribution in [2.24, 2.45) is 0 Å². The van der Waals surface area contributed by atoms with Gasteiger partial charge in [-0.2, -0.15) is 0 Å². The van der Waals surface area contributed by atoms with E-state index in [1.165, 1.54) is 13.3 Å². The third-order valence-electron chi connectivity index (χ3n) is 2.34. The highest BCUT2D eigenvalue weighted by Gasteiger charge is 1.88. The second kappa shape index (κ2) is 13.8. The van der Waals surface area contributed by atoms with Crippen LogP contribution in [0, 0.1) is 0 Å². The first-order valence-corrected chi connectivity index (χ1v) is 6.85. The first kappa shape index (κ1) is 16.7. The number of carbonyl (C=O) groups excluding carboxylic acids is 1. The number of esters is 1. The molecule has 0 radical (unpaired) electrons. The van der Waals surface area contributed by atoms with Crippen molar-refractivity contribution < 1.29 is 9.53 Å². The molecule has 0 saturated heterocycles. The lowest BCUT2D eigenvalue weighted by molar-refractivity contribution is -0.140. The van der Waals surface area contributed by atoms with Crippen LogP contribution < -0.4 is 0 Å². The molecule has 0 aliphatic rings. The second-order valence-corrected chi connectivity index (χ2v) is 4.12. The van der Waals surface area contributed by atoms with E-state index in [4.69, 9.17) is 4.74 Å². The molecule has 2 nitrogen and oxygen atoms in total. The van der Waals surface area contributed by atoms with Gasteiger partial charge in [0.1, 0.15) is 0 Å². The van der Waals surface area contributed by atoms with E-state index in [0.29, 0.717) is 6.61 Å². The molecule has 2 heteroatoms. The minimum Gasteiger partial charge on any atom is -0.466 e. The Bertz CT molecular complexity index is 275. The molecule has 0 unspecified atom stereocenters. The van der Waals surface area contributed by atoms with Gasteiger partial charge in [0, 0.05) is 6.92 Å². The zero-order valence-electron chi connectivity index (χ0n) is 11.7. The summed E-state index contributed by atoms with van der Waals surface area (Å²) >= 11 is 0. The quantitative estimate of drug-likeness (QED) is 0.322. The Morgan fingerprint density at radius 3 is 2.22 bits per heavy atom. The first-order valence-electron chi connectivity index (χ1n) is 6.85. The molecule has 0 fully saturated rings. The summed E-state index contributed by atoms with van der Waals surface area (Å²) in [6.07, 6.45) is 19.5. The van der Waals surface area contributed by atoms with Gasteiger partial charge >= 0.3 is 5.97 Å². The molecule has 0 aromatic carbocycles. The normalized spacial score (nSPS) is 11.9. The van der Waals surface area contributed by atoms with Crippen molar-refractivity contribution in [1.29, 1.82) is 0 Å². The Balaban J connectivity index is 3.26. The van der Waals surface area contributed by atoms with Gasteiger partial charge in [0.15, 0.2) is 0 Å². The topological polar surface area (TPSA) is 26.3 Å². The number of hydrogen-bond donors (Lipinski definition) is 0. The standard InChI is InChI=1S/C16H26O2/c1-3-4-5-6-7-8-9-10-11-12-13-14-15-18-16(2)17/h4-5,7-8,12-13H,3,6,9-11,14-15H2,1-2H3/b5-4-,8-7+,13-12-. The van der Waals surface area contributed by atoms with Gasteiger partial charge in [0.2, 0.25) is 0 Å². The van der Waals surface area contributed by atoms with E-state index in [1.54, 1.807) is 0 Å². The minimum atomic E-state index is -0.203. The molecule has 0 N–H and O–H groups in total. The van der Waals surface area contributed by atoms with Crippen molar-refractivity contribution in [2.45, 2.75) is 52.4 Å². The van der Waals surface area contributed by atoms with E-state index in [1.807, 2.05) is 0 Å². The molecule has 0 aromatic heterocycles. The zero-order valence-corrected chi connectivity index (χ0v) is 11.7. The van der Waals surface area contributed by atoms with Gasteiger partial charge in [0.05, 0.1) is 6.61 Å². The molecular weight excluding hydrogens is 224 g/mol. The van der Waals surface area contributed by atoms with E-state index < -0.39 is 0 Å². The number of rotatable bonds is 10. The molecule has 0 rings (SSSR count). The molecule has 0 atom stereocenters. The van der Waals surface area contributed by atoms with E-state index in [2.05, 4.69) is 43.4 Å². The van der Waals surface area contributed by atoms with Gasteiger partial charge in [-0.15, -0.1) is 0 Å². The molecule has 0 saturated carbocycles. The lowest BCUT2D eigenvalue weighted by Crippen LogP contribution is -1.98. The Morgan fingerprint density at radius 2 is 1.56 bits per heavy atom. The number of carbonyl (C=O) groups is 1. The summed E-state index contributed by atoms with van der Waals surface area (Å²) in [7, 11) is 0. The van der Waals surface area contributed by atoms with E-state index >= 15 is 0 Å². The number of allylic oxidation sites excluding steroid dienone is 5. The van der Waals surface area contributed by atoms with Crippen LogP contribution in [0.2, 0.25) is 0 Å². The van der Waals surface area contributed by atoms with E-state index in [-0.39, 0.29) is 5.97 Å². The maximum absolute atomic E-state index is 10.5.